The molecule has 0 saturated carbocycles. The lowest BCUT2D eigenvalue weighted by molar-refractivity contribution is 0.0697. The second-order valence-corrected chi connectivity index (χ2v) is 6.15. The van der Waals surface area contributed by atoms with E-state index in [1.54, 1.807) is 6.07 Å². The van der Waals surface area contributed by atoms with Gasteiger partial charge in [-0.1, -0.05) is 0 Å². The molecule has 0 saturated heterocycles. The van der Waals surface area contributed by atoms with Crippen LogP contribution >= 0.6 is 0 Å². The molecule has 0 unspecified atom stereocenters. The summed E-state index contributed by atoms with van der Waals surface area (Å²) < 4.78 is 27.0. The third-order valence-corrected chi connectivity index (χ3v) is 3.21. The van der Waals surface area contributed by atoms with Gasteiger partial charge in [0.1, 0.15) is 15.6 Å². The van der Waals surface area contributed by atoms with Crippen molar-refractivity contribution >= 4 is 21.5 Å². The van der Waals surface area contributed by atoms with E-state index in [2.05, 4.69) is 0 Å². The number of aromatic carboxylic acids is 1. The summed E-state index contributed by atoms with van der Waals surface area (Å²) >= 11 is 0. The van der Waals surface area contributed by atoms with E-state index >= 15 is 0 Å². The molecule has 0 atom stereocenters. The van der Waals surface area contributed by atoms with Gasteiger partial charge in [0, 0.05) is 11.9 Å². The first-order chi connectivity index (χ1) is 8.29. The first kappa shape index (κ1) is 14.3. The highest BCUT2D eigenvalue weighted by Crippen LogP contribution is 2.19. The van der Waals surface area contributed by atoms with Crippen molar-refractivity contribution in [2.75, 3.05) is 24.3 Å². The number of rotatable bonds is 6. The van der Waals surface area contributed by atoms with Gasteiger partial charge in [0.15, 0.2) is 0 Å². The average Bonchev–Trinajstić information content (AvgIpc) is 2.24. The molecule has 0 heterocycles. The Kier molecular flexibility index (Phi) is 4.55. The van der Waals surface area contributed by atoms with E-state index in [1.165, 1.54) is 12.1 Å². The van der Waals surface area contributed by atoms with Crippen LogP contribution in [0.1, 0.15) is 16.8 Å². The van der Waals surface area contributed by atoms with Crippen LogP contribution in [0.25, 0.3) is 0 Å². The smallest absolute Gasteiger partial charge is 0.337 e. The number of ether oxygens (including phenoxy) is 1. The number of carboxylic acid groups (broad SMARTS) is 1. The molecule has 1 aromatic carbocycles. The minimum Gasteiger partial charge on any atom is -0.494 e. The molecule has 0 bridgehead atoms. The topological polar surface area (TPSA) is 107 Å². The van der Waals surface area contributed by atoms with Crippen molar-refractivity contribution in [3.63, 3.8) is 0 Å². The Morgan fingerprint density at radius 1 is 1.44 bits per heavy atom. The zero-order valence-corrected chi connectivity index (χ0v) is 10.7. The molecule has 100 valence electrons. The highest BCUT2D eigenvalue weighted by molar-refractivity contribution is 7.90. The van der Waals surface area contributed by atoms with Crippen LogP contribution in [0.4, 0.5) is 5.69 Å². The second-order valence-electron chi connectivity index (χ2n) is 3.89. The van der Waals surface area contributed by atoms with Crippen molar-refractivity contribution in [1.29, 1.82) is 0 Å². The SMILES string of the molecule is CS(=O)(=O)CCCOc1ccc(N)c(C(=O)O)c1. The Hall–Kier alpha value is -1.76. The second kappa shape index (κ2) is 5.72. The quantitative estimate of drug-likeness (QED) is 0.586. The van der Waals surface area contributed by atoms with Crippen molar-refractivity contribution in [3.05, 3.63) is 23.8 Å². The first-order valence-corrected chi connectivity index (χ1v) is 7.29. The number of benzene rings is 1. The predicted octanol–water partition coefficient (Wildman–Crippen LogP) is 0.781. The summed E-state index contributed by atoms with van der Waals surface area (Å²) in [5, 5.41) is 8.85. The Bertz CT molecular complexity index is 538. The van der Waals surface area contributed by atoms with Gasteiger partial charge < -0.3 is 15.6 Å². The number of carbonyl (C=O) groups is 1. The normalized spacial score (nSPS) is 11.2. The van der Waals surface area contributed by atoms with E-state index in [1.807, 2.05) is 0 Å². The van der Waals surface area contributed by atoms with Gasteiger partial charge in [-0.15, -0.1) is 0 Å². The van der Waals surface area contributed by atoms with Crippen LogP contribution in [0, 0.1) is 0 Å². The highest BCUT2D eigenvalue weighted by atomic mass is 32.2. The number of carboxylic acids is 1. The summed E-state index contributed by atoms with van der Waals surface area (Å²) in [6, 6.07) is 4.30. The fourth-order valence-corrected chi connectivity index (χ4v) is 1.96. The van der Waals surface area contributed by atoms with E-state index in [9.17, 15) is 13.2 Å². The van der Waals surface area contributed by atoms with E-state index in [0.29, 0.717) is 12.2 Å². The lowest BCUT2D eigenvalue weighted by atomic mass is 10.2. The molecule has 1 aromatic rings. The fourth-order valence-electron chi connectivity index (χ4n) is 1.32. The van der Waals surface area contributed by atoms with Crippen LogP contribution in [0.3, 0.4) is 0 Å². The van der Waals surface area contributed by atoms with Crippen molar-refractivity contribution in [3.8, 4) is 5.75 Å². The summed E-state index contributed by atoms with van der Waals surface area (Å²) in [6.45, 7) is 0.204. The molecule has 0 radical (unpaired) electrons. The number of nitrogens with two attached hydrogens (primary N) is 1. The van der Waals surface area contributed by atoms with E-state index in [4.69, 9.17) is 15.6 Å². The summed E-state index contributed by atoms with van der Waals surface area (Å²) in [4.78, 5) is 10.8. The van der Waals surface area contributed by atoms with Gasteiger partial charge in [-0.25, -0.2) is 13.2 Å². The number of sulfone groups is 1. The lowest BCUT2D eigenvalue weighted by Gasteiger charge is -2.07. The van der Waals surface area contributed by atoms with Gasteiger partial charge in [-0.3, -0.25) is 0 Å². The van der Waals surface area contributed by atoms with E-state index in [0.717, 1.165) is 6.26 Å². The summed E-state index contributed by atoms with van der Waals surface area (Å²) in [7, 11) is -3.00. The van der Waals surface area contributed by atoms with Gasteiger partial charge in [-0.05, 0) is 24.6 Å². The van der Waals surface area contributed by atoms with E-state index in [-0.39, 0.29) is 23.6 Å². The van der Waals surface area contributed by atoms with Gasteiger partial charge in [0.25, 0.3) is 0 Å². The van der Waals surface area contributed by atoms with Crippen molar-refractivity contribution in [1.82, 2.24) is 0 Å². The van der Waals surface area contributed by atoms with Crippen molar-refractivity contribution in [2.45, 2.75) is 6.42 Å². The monoisotopic (exact) mass is 273 g/mol. The zero-order chi connectivity index (χ0) is 13.8. The Morgan fingerprint density at radius 3 is 2.67 bits per heavy atom. The lowest BCUT2D eigenvalue weighted by Crippen LogP contribution is -2.08. The molecule has 0 amide bonds. The average molecular weight is 273 g/mol. The minimum atomic E-state index is -3.00. The molecule has 0 aliphatic rings. The first-order valence-electron chi connectivity index (χ1n) is 5.23. The van der Waals surface area contributed by atoms with Gasteiger partial charge in [0.2, 0.25) is 0 Å². The maximum Gasteiger partial charge on any atom is 0.337 e. The molecule has 18 heavy (non-hydrogen) atoms. The summed E-state index contributed by atoms with van der Waals surface area (Å²) in [5.41, 5.74) is 5.61. The maximum atomic E-state index is 10.9. The Balaban J connectivity index is 2.58. The fraction of sp³-hybridized carbons (Fsp3) is 0.364. The molecule has 1 rings (SSSR count). The molecule has 3 N–H and O–H groups in total. The van der Waals surface area contributed by atoms with Gasteiger partial charge >= 0.3 is 5.97 Å². The molecule has 0 fully saturated rings. The predicted molar refractivity (Wildman–Crippen MR) is 67.6 cm³/mol. The van der Waals surface area contributed by atoms with Crippen LogP contribution in [0.5, 0.6) is 5.75 Å². The van der Waals surface area contributed by atoms with Gasteiger partial charge in [-0.2, -0.15) is 0 Å². The largest absolute Gasteiger partial charge is 0.494 e. The summed E-state index contributed by atoms with van der Waals surface area (Å²) in [6.07, 6.45) is 1.50. The molecule has 6 nitrogen and oxygen atoms in total. The number of hydrogen-bond donors (Lipinski definition) is 2. The number of anilines is 1. The van der Waals surface area contributed by atoms with Crippen LogP contribution in [-0.4, -0.2) is 38.1 Å². The van der Waals surface area contributed by atoms with Gasteiger partial charge in [0.05, 0.1) is 17.9 Å². The van der Waals surface area contributed by atoms with Crippen LogP contribution in [0.2, 0.25) is 0 Å². The van der Waals surface area contributed by atoms with Crippen LogP contribution < -0.4 is 10.5 Å². The molecule has 7 heteroatoms. The molecule has 0 aromatic heterocycles. The molecule has 0 aliphatic carbocycles. The minimum absolute atomic E-state index is 0.0318. The Labute approximate surface area is 105 Å². The highest BCUT2D eigenvalue weighted by Gasteiger charge is 2.09. The summed E-state index contributed by atoms with van der Waals surface area (Å²) in [5.74, 6) is -0.738. The number of hydrogen-bond acceptors (Lipinski definition) is 5. The standard InChI is InChI=1S/C11H15NO5S/c1-18(15,16)6-2-5-17-8-3-4-10(12)9(7-8)11(13)14/h3-4,7H,2,5-6,12H2,1H3,(H,13,14). The molecule has 0 aliphatic heterocycles. The molecule has 0 spiro atoms. The molecular formula is C11H15NO5S. The third kappa shape index (κ3) is 4.62. The molecular weight excluding hydrogens is 258 g/mol. The number of nitrogen functional groups attached to an aromatic ring is 1. The third-order valence-electron chi connectivity index (χ3n) is 2.18. The zero-order valence-electron chi connectivity index (χ0n) is 9.92. The van der Waals surface area contributed by atoms with Crippen molar-refractivity contribution < 1.29 is 23.1 Å². The maximum absolute atomic E-state index is 10.9. The Morgan fingerprint density at radius 2 is 2.11 bits per heavy atom. The van der Waals surface area contributed by atoms with Crippen molar-refractivity contribution in [2.24, 2.45) is 0 Å². The van der Waals surface area contributed by atoms with Crippen LogP contribution in [0.15, 0.2) is 18.2 Å². The van der Waals surface area contributed by atoms with Crippen LogP contribution in [-0.2, 0) is 9.84 Å². The van der Waals surface area contributed by atoms with E-state index < -0.39 is 15.8 Å².